The molecular weight excluding hydrogens is 288 g/mol. The highest BCUT2D eigenvalue weighted by molar-refractivity contribution is 5.83. The van der Waals surface area contributed by atoms with Crippen molar-refractivity contribution in [3.63, 3.8) is 0 Å². The minimum Gasteiger partial charge on any atom is -0.340 e. The van der Waals surface area contributed by atoms with Crippen LogP contribution in [0, 0.1) is 34.6 Å². The average molecular weight is 316 g/mol. The number of fused-ring (bicyclic) bond motifs is 3. The van der Waals surface area contributed by atoms with Crippen molar-refractivity contribution in [1.82, 2.24) is 14.7 Å². The summed E-state index contributed by atoms with van der Waals surface area (Å²) in [5, 5.41) is 9.12. The molecule has 4 atom stereocenters. The van der Waals surface area contributed by atoms with E-state index in [1.807, 2.05) is 0 Å². The van der Waals surface area contributed by atoms with Gasteiger partial charge in [0.25, 0.3) is 0 Å². The van der Waals surface area contributed by atoms with Crippen LogP contribution in [0.5, 0.6) is 0 Å². The fourth-order valence-corrected chi connectivity index (χ4v) is 5.63. The highest BCUT2D eigenvalue weighted by atomic mass is 16.2. The summed E-state index contributed by atoms with van der Waals surface area (Å²) in [6, 6.07) is -0.0945. The normalized spacial score (nSPS) is 39.4. The second-order valence-electron chi connectivity index (χ2n) is 8.58. The summed E-state index contributed by atoms with van der Waals surface area (Å²) in [5.74, 6) is 2.66. The molecule has 5 fully saturated rings. The molecule has 1 amide bonds. The summed E-state index contributed by atoms with van der Waals surface area (Å²) < 4.78 is 0. The molecule has 1 unspecified atom stereocenters. The first-order chi connectivity index (χ1) is 11.0. The van der Waals surface area contributed by atoms with Gasteiger partial charge in [-0.15, -0.1) is 0 Å². The lowest BCUT2D eigenvalue weighted by atomic mass is 9.45. The van der Waals surface area contributed by atoms with Crippen LogP contribution in [0.15, 0.2) is 0 Å². The number of hydrogen-bond donors (Lipinski definition) is 0. The van der Waals surface area contributed by atoms with Crippen molar-refractivity contribution >= 4 is 5.91 Å². The van der Waals surface area contributed by atoms with Gasteiger partial charge in [-0.05, 0) is 42.4 Å². The molecular formula is C18H28N4O. The number of carbonyl (C=O) groups excluding carboxylic acids is 1. The fraction of sp³-hybridized carbons (Fsp3) is 0.889. The summed E-state index contributed by atoms with van der Waals surface area (Å²) in [6.07, 6.45) is 6.22. The Morgan fingerprint density at radius 3 is 2.70 bits per heavy atom. The molecule has 2 bridgehead atoms. The van der Waals surface area contributed by atoms with Crippen LogP contribution in [0.25, 0.3) is 0 Å². The van der Waals surface area contributed by atoms with Gasteiger partial charge < -0.3 is 9.80 Å². The number of nitrogens with zero attached hydrogens (tertiary/aromatic N) is 4. The quantitative estimate of drug-likeness (QED) is 0.722. The molecule has 126 valence electrons. The predicted octanol–water partition coefficient (Wildman–Crippen LogP) is 1.37. The Morgan fingerprint density at radius 1 is 1.22 bits per heavy atom. The average Bonchev–Trinajstić information content (AvgIpc) is 2.57. The summed E-state index contributed by atoms with van der Waals surface area (Å²) in [6.45, 7) is 9.81. The van der Waals surface area contributed by atoms with E-state index < -0.39 is 0 Å². The fourth-order valence-electron chi connectivity index (χ4n) is 5.63. The van der Waals surface area contributed by atoms with Crippen molar-refractivity contribution < 1.29 is 4.79 Å². The Morgan fingerprint density at radius 2 is 2.00 bits per heavy atom. The lowest BCUT2D eigenvalue weighted by Gasteiger charge is -2.61. The molecule has 2 aliphatic heterocycles. The highest BCUT2D eigenvalue weighted by Crippen LogP contribution is 2.61. The van der Waals surface area contributed by atoms with E-state index in [9.17, 15) is 4.79 Å². The topological polar surface area (TPSA) is 50.6 Å². The van der Waals surface area contributed by atoms with Crippen LogP contribution < -0.4 is 0 Å². The van der Waals surface area contributed by atoms with Gasteiger partial charge >= 0.3 is 0 Å². The molecule has 5 aliphatic rings. The molecule has 3 aliphatic carbocycles. The van der Waals surface area contributed by atoms with E-state index in [0.29, 0.717) is 17.9 Å². The summed E-state index contributed by atoms with van der Waals surface area (Å²) >= 11 is 0. The number of hydrogen-bond acceptors (Lipinski definition) is 4. The second kappa shape index (κ2) is 5.37. The van der Waals surface area contributed by atoms with E-state index in [4.69, 9.17) is 5.26 Å². The lowest BCUT2D eigenvalue weighted by Crippen LogP contribution is -2.65. The van der Waals surface area contributed by atoms with E-state index in [-0.39, 0.29) is 11.9 Å². The molecule has 0 N–H and O–H groups in total. The molecule has 23 heavy (non-hydrogen) atoms. The van der Waals surface area contributed by atoms with Gasteiger partial charge in [-0.2, -0.15) is 5.26 Å². The molecule has 0 aromatic rings. The predicted molar refractivity (Wildman–Crippen MR) is 87.2 cm³/mol. The number of piperazine rings is 2. The lowest BCUT2D eigenvalue weighted by molar-refractivity contribution is -0.151. The summed E-state index contributed by atoms with van der Waals surface area (Å²) in [7, 11) is 0. The van der Waals surface area contributed by atoms with Crippen molar-refractivity contribution in [3.05, 3.63) is 0 Å². The van der Waals surface area contributed by atoms with Crippen molar-refractivity contribution in [2.24, 2.45) is 23.2 Å². The van der Waals surface area contributed by atoms with Gasteiger partial charge in [-0.3, -0.25) is 9.69 Å². The Labute approximate surface area is 139 Å². The first kappa shape index (κ1) is 15.3. The van der Waals surface area contributed by atoms with E-state index in [0.717, 1.165) is 44.6 Å². The van der Waals surface area contributed by atoms with Crippen molar-refractivity contribution in [2.45, 2.75) is 39.2 Å². The van der Waals surface area contributed by atoms with Crippen LogP contribution in [0.3, 0.4) is 0 Å². The monoisotopic (exact) mass is 316 g/mol. The van der Waals surface area contributed by atoms with Crippen LogP contribution in [-0.2, 0) is 4.79 Å². The van der Waals surface area contributed by atoms with E-state index >= 15 is 0 Å². The van der Waals surface area contributed by atoms with Crippen LogP contribution in [0.4, 0.5) is 0 Å². The maximum absolute atomic E-state index is 12.9. The minimum atomic E-state index is -0.0945. The van der Waals surface area contributed by atoms with E-state index in [2.05, 4.69) is 29.8 Å². The number of carbonyl (C=O) groups is 1. The molecule has 0 radical (unpaired) electrons. The molecule has 5 rings (SSSR count). The van der Waals surface area contributed by atoms with Crippen molar-refractivity contribution in [1.29, 1.82) is 5.26 Å². The van der Waals surface area contributed by atoms with Gasteiger partial charge in [-0.1, -0.05) is 13.8 Å². The molecule has 0 aromatic carbocycles. The van der Waals surface area contributed by atoms with E-state index in [1.54, 1.807) is 4.90 Å². The first-order valence-corrected chi connectivity index (χ1v) is 9.18. The molecule has 2 saturated heterocycles. The Bertz CT molecular complexity index is 538. The van der Waals surface area contributed by atoms with Gasteiger partial charge in [0.15, 0.2) is 6.19 Å². The van der Waals surface area contributed by atoms with Gasteiger partial charge in [0.1, 0.15) is 6.04 Å². The zero-order chi connectivity index (χ0) is 16.2. The maximum atomic E-state index is 12.9. The Hall–Kier alpha value is -1.28. The maximum Gasteiger partial charge on any atom is 0.241 e. The van der Waals surface area contributed by atoms with Crippen LogP contribution in [-0.4, -0.2) is 65.9 Å². The van der Waals surface area contributed by atoms with Crippen LogP contribution in [0.2, 0.25) is 0 Å². The second-order valence-corrected chi connectivity index (χ2v) is 8.58. The largest absolute Gasteiger partial charge is 0.340 e. The molecule has 5 nitrogen and oxygen atoms in total. The smallest absolute Gasteiger partial charge is 0.241 e. The van der Waals surface area contributed by atoms with E-state index in [1.165, 1.54) is 19.3 Å². The van der Waals surface area contributed by atoms with Crippen LogP contribution in [0.1, 0.15) is 33.1 Å². The van der Waals surface area contributed by atoms with Gasteiger partial charge in [-0.25, -0.2) is 0 Å². The van der Waals surface area contributed by atoms with Crippen LogP contribution >= 0.6 is 0 Å². The third-order valence-electron chi connectivity index (χ3n) is 7.34. The number of amides is 1. The van der Waals surface area contributed by atoms with Crippen molar-refractivity contribution in [3.8, 4) is 6.19 Å². The van der Waals surface area contributed by atoms with Crippen molar-refractivity contribution in [2.75, 3.05) is 39.3 Å². The molecule has 2 heterocycles. The Kier molecular flexibility index (Phi) is 3.57. The third-order valence-corrected chi connectivity index (χ3v) is 7.34. The number of nitriles is 1. The molecule has 0 spiro atoms. The zero-order valence-electron chi connectivity index (χ0n) is 14.4. The molecule has 3 saturated carbocycles. The highest BCUT2D eigenvalue weighted by Gasteiger charge is 2.54. The molecule has 5 heteroatoms. The van der Waals surface area contributed by atoms with Gasteiger partial charge in [0.05, 0.1) is 6.54 Å². The SMILES string of the molecule is CC1(C)[C@@H]2CC[C@@H](CN3CCN4CCN(C#N)CC4C3=O)[C@H]1C2. The van der Waals surface area contributed by atoms with Gasteiger partial charge in [0.2, 0.25) is 5.91 Å². The minimum absolute atomic E-state index is 0.0945. The van der Waals surface area contributed by atoms with Gasteiger partial charge in [0, 0.05) is 32.7 Å². The Balaban J connectivity index is 1.42. The standard InChI is InChI=1S/C18H28N4O/c1-18(2)14-4-3-13(15(18)9-14)10-22-8-7-21-6-5-20(12-19)11-16(21)17(22)23/h13-16H,3-11H2,1-2H3/t13-,14+,15+,16?/m0/s1. The first-order valence-electron chi connectivity index (χ1n) is 9.18. The molecule has 0 aromatic heterocycles. The summed E-state index contributed by atoms with van der Waals surface area (Å²) in [4.78, 5) is 19.1. The third kappa shape index (κ3) is 2.34. The summed E-state index contributed by atoms with van der Waals surface area (Å²) in [5.41, 5.74) is 0.482. The number of rotatable bonds is 2. The zero-order valence-corrected chi connectivity index (χ0v) is 14.4.